The van der Waals surface area contributed by atoms with E-state index in [0.717, 1.165) is 5.56 Å². The molecule has 0 saturated carbocycles. The SMILES string of the molecule is CC(=O)c1cccc2c1CNC(=S)O2. The van der Waals surface area contributed by atoms with E-state index in [1.54, 1.807) is 19.1 Å². The van der Waals surface area contributed by atoms with Crippen molar-refractivity contribution in [1.29, 1.82) is 0 Å². The van der Waals surface area contributed by atoms with Crippen LogP contribution in [0.4, 0.5) is 0 Å². The predicted molar refractivity (Wildman–Crippen MR) is 56.5 cm³/mol. The highest BCUT2D eigenvalue weighted by Crippen LogP contribution is 2.25. The molecule has 0 spiro atoms. The summed E-state index contributed by atoms with van der Waals surface area (Å²) in [7, 11) is 0. The fourth-order valence-electron chi connectivity index (χ4n) is 1.47. The molecule has 0 amide bonds. The van der Waals surface area contributed by atoms with E-state index in [0.29, 0.717) is 23.0 Å². The van der Waals surface area contributed by atoms with Crippen LogP contribution in [0.1, 0.15) is 22.8 Å². The fraction of sp³-hybridized carbons (Fsp3) is 0.200. The first kappa shape index (κ1) is 9.15. The Morgan fingerprint density at radius 3 is 3.07 bits per heavy atom. The highest BCUT2D eigenvalue weighted by molar-refractivity contribution is 7.80. The highest BCUT2D eigenvalue weighted by Gasteiger charge is 2.18. The van der Waals surface area contributed by atoms with Crippen molar-refractivity contribution in [2.75, 3.05) is 0 Å². The highest BCUT2D eigenvalue weighted by atomic mass is 32.1. The predicted octanol–water partition coefficient (Wildman–Crippen LogP) is 1.66. The number of hydrogen-bond donors (Lipinski definition) is 1. The number of hydrogen-bond acceptors (Lipinski definition) is 3. The van der Waals surface area contributed by atoms with Gasteiger partial charge in [-0.1, -0.05) is 12.1 Å². The molecule has 4 heteroatoms. The lowest BCUT2D eigenvalue weighted by Crippen LogP contribution is -2.31. The third kappa shape index (κ3) is 1.48. The van der Waals surface area contributed by atoms with Gasteiger partial charge < -0.3 is 10.1 Å². The minimum atomic E-state index is 0.0417. The minimum absolute atomic E-state index is 0.0417. The van der Waals surface area contributed by atoms with Crippen molar-refractivity contribution in [3.05, 3.63) is 29.3 Å². The van der Waals surface area contributed by atoms with Crippen molar-refractivity contribution in [3.8, 4) is 5.75 Å². The summed E-state index contributed by atoms with van der Waals surface area (Å²) in [6, 6.07) is 5.40. The molecule has 0 saturated heterocycles. The van der Waals surface area contributed by atoms with E-state index in [4.69, 9.17) is 17.0 Å². The molecule has 3 nitrogen and oxygen atoms in total. The van der Waals surface area contributed by atoms with Gasteiger partial charge in [-0.3, -0.25) is 4.79 Å². The van der Waals surface area contributed by atoms with Gasteiger partial charge in [0, 0.05) is 17.7 Å². The first-order chi connectivity index (χ1) is 6.68. The number of carbonyl (C=O) groups excluding carboxylic acids is 1. The number of carbonyl (C=O) groups is 1. The van der Waals surface area contributed by atoms with Crippen molar-refractivity contribution in [2.45, 2.75) is 13.5 Å². The maximum absolute atomic E-state index is 11.3. The smallest absolute Gasteiger partial charge is 0.262 e. The molecule has 1 aromatic rings. The Kier molecular flexibility index (Phi) is 2.21. The second kappa shape index (κ2) is 3.38. The summed E-state index contributed by atoms with van der Waals surface area (Å²) in [5, 5.41) is 3.25. The molecule has 1 aliphatic rings. The fourth-order valence-corrected chi connectivity index (χ4v) is 1.63. The van der Waals surface area contributed by atoms with Gasteiger partial charge in [0.25, 0.3) is 5.17 Å². The molecule has 0 unspecified atom stereocenters. The van der Waals surface area contributed by atoms with Crippen LogP contribution in [-0.4, -0.2) is 11.0 Å². The summed E-state index contributed by atoms with van der Waals surface area (Å²) < 4.78 is 5.29. The summed E-state index contributed by atoms with van der Waals surface area (Å²) >= 11 is 4.87. The van der Waals surface area contributed by atoms with Crippen LogP contribution in [-0.2, 0) is 6.54 Å². The van der Waals surface area contributed by atoms with Gasteiger partial charge in [0.1, 0.15) is 5.75 Å². The lowest BCUT2D eigenvalue weighted by Gasteiger charge is -2.20. The Labute approximate surface area is 87.1 Å². The third-order valence-electron chi connectivity index (χ3n) is 2.12. The molecule has 1 N–H and O–H groups in total. The van der Waals surface area contributed by atoms with E-state index in [-0.39, 0.29) is 5.78 Å². The van der Waals surface area contributed by atoms with Gasteiger partial charge in [-0.25, -0.2) is 0 Å². The second-order valence-electron chi connectivity index (χ2n) is 3.08. The second-order valence-corrected chi connectivity index (χ2v) is 3.45. The topological polar surface area (TPSA) is 38.3 Å². The van der Waals surface area contributed by atoms with Crippen molar-refractivity contribution in [2.24, 2.45) is 0 Å². The first-order valence-corrected chi connectivity index (χ1v) is 4.68. The van der Waals surface area contributed by atoms with Gasteiger partial charge in [0.2, 0.25) is 0 Å². The molecular formula is C10H9NO2S. The molecule has 0 atom stereocenters. The van der Waals surface area contributed by atoms with Gasteiger partial charge in [0.15, 0.2) is 5.78 Å². The van der Waals surface area contributed by atoms with Crippen molar-refractivity contribution >= 4 is 23.2 Å². The number of benzene rings is 1. The monoisotopic (exact) mass is 207 g/mol. The van der Waals surface area contributed by atoms with Crippen LogP contribution in [0.5, 0.6) is 5.75 Å². The average molecular weight is 207 g/mol. The molecule has 1 aromatic carbocycles. The largest absolute Gasteiger partial charge is 0.432 e. The number of rotatable bonds is 1. The molecule has 0 aliphatic carbocycles. The normalized spacial score (nSPS) is 13.9. The zero-order valence-corrected chi connectivity index (χ0v) is 8.48. The summed E-state index contributed by atoms with van der Waals surface area (Å²) in [4.78, 5) is 11.3. The molecule has 1 heterocycles. The summed E-state index contributed by atoms with van der Waals surface area (Å²) in [6.45, 7) is 2.10. The van der Waals surface area contributed by atoms with Crippen molar-refractivity contribution in [1.82, 2.24) is 5.32 Å². The maximum Gasteiger partial charge on any atom is 0.262 e. The summed E-state index contributed by atoms with van der Waals surface area (Å²) in [6.07, 6.45) is 0. The molecule has 0 fully saturated rings. The van der Waals surface area contributed by atoms with E-state index in [2.05, 4.69) is 5.32 Å². The standard InChI is InChI=1S/C10H9NO2S/c1-6(12)7-3-2-4-9-8(7)5-11-10(14)13-9/h2-4H,5H2,1H3,(H,11,14). The molecule has 2 rings (SSSR count). The number of ether oxygens (including phenoxy) is 1. The lowest BCUT2D eigenvalue weighted by atomic mass is 10.0. The van der Waals surface area contributed by atoms with Crippen LogP contribution >= 0.6 is 12.2 Å². The van der Waals surface area contributed by atoms with E-state index in [1.165, 1.54) is 0 Å². The summed E-state index contributed by atoms with van der Waals surface area (Å²) in [5.41, 5.74) is 1.58. The Morgan fingerprint density at radius 2 is 2.36 bits per heavy atom. The van der Waals surface area contributed by atoms with Gasteiger partial charge in [0.05, 0.1) is 0 Å². The zero-order valence-electron chi connectivity index (χ0n) is 7.66. The average Bonchev–Trinajstić information content (AvgIpc) is 2.16. The molecular weight excluding hydrogens is 198 g/mol. The molecule has 72 valence electrons. The Hall–Kier alpha value is -1.42. The molecule has 0 bridgehead atoms. The number of thiocarbonyl (C=S) groups is 1. The lowest BCUT2D eigenvalue weighted by molar-refractivity contribution is 0.101. The molecule has 1 aliphatic heterocycles. The Balaban J connectivity index is 2.52. The number of Topliss-reactive ketones (excluding diaryl/α,β-unsaturated/α-hetero) is 1. The first-order valence-electron chi connectivity index (χ1n) is 4.27. The maximum atomic E-state index is 11.3. The van der Waals surface area contributed by atoms with Crippen molar-refractivity contribution in [3.63, 3.8) is 0 Å². The van der Waals surface area contributed by atoms with E-state index in [1.807, 2.05) is 6.07 Å². The van der Waals surface area contributed by atoms with Crippen LogP contribution in [0.15, 0.2) is 18.2 Å². The van der Waals surface area contributed by atoms with Crippen LogP contribution in [0.3, 0.4) is 0 Å². The Morgan fingerprint density at radius 1 is 1.57 bits per heavy atom. The van der Waals surface area contributed by atoms with Crippen LogP contribution < -0.4 is 10.1 Å². The van der Waals surface area contributed by atoms with Gasteiger partial charge in [-0.05, 0) is 25.2 Å². The van der Waals surface area contributed by atoms with Crippen LogP contribution in [0.25, 0.3) is 0 Å². The quantitative estimate of drug-likeness (QED) is 0.561. The summed E-state index contributed by atoms with van der Waals surface area (Å²) in [5.74, 6) is 0.724. The molecule has 0 aromatic heterocycles. The number of ketones is 1. The van der Waals surface area contributed by atoms with Gasteiger partial charge in [-0.2, -0.15) is 0 Å². The van der Waals surface area contributed by atoms with Gasteiger partial charge >= 0.3 is 0 Å². The minimum Gasteiger partial charge on any atom is -0.432 e. The van der Waals surface area contributed by atoms with E-state index < -0.39 is 0 Å². The van der Waals surface area contributed by atoms with Crippen molar-refractivity contribution < 1.29 is 9.53 Å². The van der Waals surface area contributed by atoms with E-state index in [9.17, 15) is 4.79 Å². The Bertz CT molecular complexity index is 415. The van der Waals surface area contributed by atoms with Crippen LogP contribution in [0, 0.1) is 0 Å². The third-order valence-corrected chi connectivity index (χ3v) is 2.35. The van der Waals surface area contributed by atoms with E-state index >= 15 is 0 Å². The molecule has 0 radical (unpaired) electrons. The van der Waals surface area contributed by atoms with Gasteiger partial charge in [-0.15, -0.1) is 0 Å². The zero-order chi connectivity index (χ0) is 10.1. The van der Waals surface area contributed by atoms with Crippen LogP contribution in [0.2, 0.25) is 0 Å². The molecule has 14 heavy (non-hydrogen) atoms. The number of nitrogens with one attached hydrogen (secondary N) is 1. The number of fused-ring (bicyclic) bond motifs is 1.